The third-order valence-electron chi connectivity index (χ3n) is 2.94. The van der Waals surface area contributed by atoms with Crippen molar-refractivity contribution in [3.8, 4) is 0 Å². The Balaban J connectivity index is 2.40. The van der Waals surface area contributed by atoms with Crippen LogP contribution in [0.15, 0.2) is 18.2 Å². The number of benzene rings is 1. The summed E-state index contributed by atoms with van der Waals surface area (Å²) in [7, 11) is 0. The minimum absolute atomic E-state index is 0.247. The van der Waals surface area contributed by atoms with Crippen molar-refractivity contribution >= 4 is 12.0 Å². The van der Waals surface area contributed by atoms with Crippen LogP contribution in [-0.4, -0.2) is 19.4 Å². The summed E-state index contributed by atoms with van der Waals surface area (Å²) >= 11 is 0. The Hall–Kier alpha value is -1.52. The molecule has 1 aromatic rings. The van der Waals surface area contributed by atoms with Crippen LogP contribution in [0.1, 0.15) is 28.8 Å². The molecular formula is C12H12F3NO. The molecule has 1 saturated heterocycles. The van der Waals surface area contributed by atoms with Crippen molar-refractivity contribution in [3.63, 3.8) is 0 Å². The quantitative estimate of drug-likeness (QED) is 0.744. The number of carbonyl (C=O) groups excluding carboxylic acids is 1. The van der Waals surface area contributed by atoms with Gasteiger partial charge in [-0.25, -0.2) is 0 Å². The van der Waals surface area contributed by atoms with E-state index in [-0.39, 0.29) is 11.8 Å². The zero-order valence-electron chi connectivity index (χ0n) is 9.13. The molecule has 1 aliphatic rings. The van der Waals surface area contributed by atoms with Crippen LogP contribution < -0.4 is 4.90 Å². The SMILES string of the molecule is O=Cc1ccc(N2CCCC2)cc1C(F)(F)F. The van der Waals surface area contributed by atoms with Gasteiger partial charge in [0.05, 0.1) is 5.56 Å². The monoisotopic (exact) mass is 243 g/mol. The van der Waals surface area contributed by atoms with Gasteiger partial charge in [0.25, 0.3) is 0 Å². The normalized spacial score (nSPS) is 16.3. The van der Waals surface area contributed by atoms with Crippen molar-refractivity contribution in [1.29, 1.82) is 0 Å². The Morgan fingerprint density at radius 1 is 1.18 bits per heavy atom. The van der Waals surface area contributed by atoms with Crippen molar-refractivity contribution in [3.05, 3.63) is 29.3 Å². The molecule has 0 aromatic heterocycles. The number of hydrogen-bond acceptors (Lipinski definition) is 2. The van der Waals surface area contributed by atoms with Crippen LogP contribution in [0.4, 0.5) is 18.9 Å². The fraction of sp³-hybridized carbons (Fsp3) is 0.417. The van der Waals surface area contributed by atoms with Crippen LogP contribution in [0.2, 0.25) is 0 Å². The van der Waals surface area contributed by atoms with E-state index in [1.54, 1.807) is 6.07 Å². The smallest absolute Gasteiger partial charge is 0.372 e. The molecule has 0 aliphatic carbocycles. The summed E-state index contributed by atoms with van der Waals surface area (Å²) in [6.45, 7) is 1.55. The summed E-state index contributed by atoms with van der Waals surface area (Å²) in [5, 5.41) is 0. The first-order chi connectivity index (χ1) is 8.02. The highest BCUT2D eigenvalue weighted by molar-refractivity contribution is 5.79. The lowest BCUT2D eigenvalue weighted by Crippen LogP contribution is -2.19. The summed E-state index contributed by atoms with van der Waals surface area (Å²) in [5.41, 5.74) is -0.613. The van der Waals surface area contributed by atoms with Crippen molar-refractivity contribution < 1.29 is 18.0 Å². The number of halogens is 3. The molecule has 0 saturated carbocycles. The van der Waals surface area contributed by atoms with Crippen molar-refractivity contribution in [1.82, 2.24) is 0 Å². The predicted octanol–water partition coefficient (Wildman–Crippen LogP) is 3.12. The van der Waals surface area contributed by atoms with Gasteiger partial charge in [-0.3, -0.25) is 4.79 Å². The van der Waals surface area contributed by atoms with E-state index in [0.717, 1.165) is 32.0 Å². The van der Waals surface area contributed by atoms with E-state index in [9.17, 15) is 18.0 Å². The van der Waals surface area contributed by atoms with Gasteiger partial charge in [-0.15, -0.1) is 0 Å². The zero-order chi connectivity index (χ0) is 12.5. The molecule has 2 rings (SSSR count). The Morgan fingerprint density at radius 3 is 2.35 bits per heavy atom. The van der Waals surface area contributed by atoms with E-state index < -0.39 is 11.7 Å². The first-order valence-corrected chi connectivity index (χ1v) is 5.44. The Labute approximate surface area is 97.0 Å². The molecule has 1 heterocycles. The standard InChI is InChI=1S/C12H12F3NO/c13-12(14,15)11-7-10(4-3-9(11)8-17)16-5-1-2-6-16/h3-4,7-8H,1-2,5-6H2. The molecule has 0 unspecified atom stereocenters. The topological polar surface area (TPSA) is 20.3 Å². The van der Waals surface area contributed by atoms with E-state index >= 15 is 0 Å². The van der Waals surface area contributed by atoms with Crippen molar-refractivity contribution in [2.75, 3.05) is 18.0 Å². The molecule has 0 atom stereocenters. The average molecular weight is 243 g/mol. The molecule has 0 radical (unpaired) electrons. The van der Waals surface area contributed by atoms with Gasteiger partial charge in [-0.2, -0.15) is 13.2 Å². The molecule has 1 aliphatic heterocycles. The van der Waals surface area contributed by atoms with E-state index in [0.29, 0.717) is 5.69 Å². The van der Waals surface area contributed by atoms with Crippen LogP contribution >= 0.6 is 0 Å². The molecule has 1 aromatic carbocycles. The van der Waals surface area contributed by atoms with Crippen LogP contribution in [0, 0.1) is 0 Å². The maximum atomic E-state index is 12.7. The summed E-state index contributed by atoms with van der Waals surface area (Å²) < 4.78 is 38.2. The number of hydrogen-bond donors (Lipinski definition) is 0. The summed E-state index contributed by atoms with van der Waals surface area (Å²) in [6.07, 6.45) is -2.24. The fourth-order valence-corrected chi connectivity index (χ4v) is 2.06. The predicted molar refractivity (Wildman–Crippen MR) is 58.3 cm³/mol. The molecule has 0 bridgehead atoms. The second kappa shape index (κ2) is 4.39. The average Bonchev–Trinajstić information content (AvgIpc) is 2.80. The van der Waals surface area contributed by atoms with E-state index in [1.807, 2.05) is 4.90 Å². The van der Waals surface area contributed by atoms with Crippen molar-refractivity contribution in [2.24, 2.45) is 0 Å². The molecule has 5 heteroatoms. The highest BCUT2D eigenvalue weighted by Gasteiger charge is 2.34. The summed E-state index contributed by atoms with van der Waals surface area (Å²) in [6, 6.07) is 3.88. The van der Waals surface area contributed by atoms with E-state index in [1.165, 1.54) is 6.07 Å². The fourth-order valence-electron chi connectivity index (χ4n) is 2.06. The number of rotatable bonds is 2. The Kier molecular flexibility index (Phi) is 3.09. The number of aldehydes is 1. The van der Waals surface area contributed by atoms with Crippen LogP contribution in [0.25, 0.3) is 0 Å². The van der Waals surface area contributed by atoms with Gasteiger partial charge in [-0.1, -0.05) is 0 Å². The molecule has 1 fully saturated rings. The van der Waals surface area contributed by atoms with Gasteiger partial charge in [0.15, 0.2) is 6.29 Å². The minimum Gasteiger partial charge on any atom is -0.372 e. The van der Waals surface area contributed by atoms with Crippen LogP contribution in [0.5, 0.6) is 0 Å². The minimum atomic E-state index is -4.48. The van der Waals surface area contributed by atoms with Gasteiger partial charge >= 0.3 is 6.18 Å². The largest absolute Gasteiger partial charge is 0.417 e. The summed E-state index contributed by atoms with van der Waals surface area (Å²) in [4.78, 5) is 12.5. The van der Waals surface area contributed by atoms with Crippen molar-refractivity contribution in [2.45, 2.75) is 19.0 Å². The van der Waals surface area contributed by atoms with Gasteiger partial charge in [0.2, 0.25) is 0 Å². The maximum Gasteiger partial charge on any atom is 0.417 e. The Morgan fingerprint density at radius 2 is 1.82 bits per heavy atom. The molecule has 2 nitrogen and oxygen atoms in total. The van der Waals surface area contributed by atoms with Gasteiger partial charge in [0, 0.05) is 24.3 Å². The molecule has 92 valence electrons. The lowest BCUT2D eigenvalue weighted by molar-refractivity contribution is -0.137. The highest BCUT2D eigenvalue weighted by atomic mass is 19.4. The third-order valence-corrected chi connectivity index (χ3v) is 2.94. The zero-order valence-corrected chi connectivity index (χ0v) is 9.13. The molecule has 0 N–H and O–H groups in total. The number of alkyl halides is 3. The van der Waals surface area contributed by atoms with Gasteiger partial charge in [0.1, 0.15) is 0 Å². The van der Waals surface area contributed by atoms with Crippen LogP contribution in [0.3, 0.4) is 0 Å². The second-order valence-corrected chi connectivity index (χ2v) is 4.08. The van der Waals surface area contributed by atoms with Gasteiger partial charge < -0.3 is 4.90 Å². The number of nitrogens with zero attached hydrogens (tertiary/aromatic N) is 1. The molecule has 0 amide bonds. The van der Waals surface area contributed by atoms with Crippen LogP contribution in [-0.2, 0) is 6.18 Å². The van der Waals surface area contributed by atoms with Gasteiger partial charge in [-0.05, 0) is 31.0 Å². The van der Waals surface area contributed by atoms with E-state index in [4.69, 9.17) is 0 Å². The second-order valence-electron chi connectivity index (χ2n) is 4.08. The lowest BCUT2D eigenvalue weighted by atomic mass is 10.1. The lowest BCUT2D eigenvalue weighted by Gasteiger charge is -2.19. The Bertz CT molecular complexity index is 422. The maximum absolute atomic E-state index is 12.7. The molecule has 17 heavy (non-hydrogen) atoms. The number of anilines is 1. The molecule has 0 spiro atoms. The summed E-state index contributed by atoms with van der Waals surface area (Å²) in [5.74, 6) is 0. The number of carbonyl (C=O) groups is 1. The third kappa shape index (κ3) is 2.43. The van der Waals surface area contributed by atoms with E-state index in [2.05, 4.69) is 0 Å². The highest BCUT2D eigenvalue weighted by Crippen LogP contribution is 2.34. The molecular weight excluding hydrogens is 231 g/mol. The first-order valence-electron chi connectivity index (χ1n) is 5.44. The first kappa shape index (κ1) is 12.0.